The van der Waals surface area contributed by atoms with Gasteiger partial charge in [0, 0.05) is 176 Å². The molecule has 10 rings (SSSR count). The van der Waals surface area contributed by atoms with Gasteiger partial charge in [-0.25, -0.2) is 18.3 Å². The van der Waals surface area contributed by atoms with Crippen LogP contribution < -0.4 is 39.5 Å². The van der Waals surface area contributed by atoms with Crippen LogP contribution in [0, 0.1) is 0 Å². The van der Waals surface area contributed by atoms with Crippen molar-refractivity contribution in [3.63, 3.8) is 0 Å². The maximum absolute atomic E-state index is 13.3. The van der Waals surface area contributed by atoms with Crippen LogP contribution in [0.1, 0.15) is 82.0 Å². The maximum atomic E-state index is 13.3. The Hall–Kier alpha value is -12.8. The third-order valence-corrected chi connectivity index (χ3v) is 18.1. The van der Waals surface area contributed by atoms with Crippen molar-refractivity contribution < 1.29 is 57.9 Å². The van der Waals surface area contributed by atoms with E-state index < -0.39 is 0 Å². The van der Waals surface area contributed by atoms with Crippen molar-refractivity contribution in [2.24, 2.45) is 40.9 Å². The molecule has 0 atom stereocenters. The normalized spacial score (nSPS) is 11.1. The molecule has 0 aliphatic heterocycles. The first-order valence-electron chi connectivity index (χ1n) is 37.2. The Kier molecular flexibility index (Phi) is 36.3. The number of benzene rings is 6. The first-order chi connectivity index (χ1) is 54.5. The van der Waals surface area contributed by atoms with Gasteiger partial charge in [0.2, 0.25) is 0 Å². The van der Waals surface area contributed by atoms with E-state index in [4.69, 9.17) is 11.5 Å². The topological polar surface area (TPSA) is 335 Å². The van der Waals surface area contributed by atoms with E-state index in [2.05, 4.69) is 40.9 Å². The number of nitrogens with zero attached hydrogens (tertiary/aromatic N) is 18. The number of aromatic nitrogens is 4. The lowest BCUT2D eigenvalue weighted by atomic mass is 10.1. The van der Waals surface area contributed by atoms with Crippen molar-refractivity contribution in [1.29, 1.82) is 0 Å². The Morgan fingerprint density at radius 2 is 0.500 bits per heavy atom. The Bertz CT molecular complexity index is 4440. The Morgan fingerprint density at radius 3 is 0.711 bits per heavy atom. The van der Waals surface area contributed by atoms with Crippen molar-refractivity contribution >= 4 is 92.4 Å². The Labute approximate surface area is 667 Å². The number of carbonyl (C=O) groups excluding carboxylic acids is 4. The van der Waals surface area contributed by atoms with Crippen molar-refractivity contribution in [1.82, 2.24) is 19.6 Å². The van der Waals surface area contributed by atoms with Crippen LogP contribution in [0.3, 0.4) is 0 Å². The first kappa shape index (κ1) is 88.5. The van der Waals surface area contributed by atoms with Gasteiger partial charge in [-0.2, -0.15) is 0 Å². The van der Waals surface area contributed by atoms with E-state index in [0.29, 0.717) is 171 Å². The fourth-order valence-corrected chi connectivity index (χ4v) is 11.9. The molecule has 28 heteroatoms. The Balaban J connectivity index is 0.000000317. The van der Waals surface area contributed by atoms with Crippen LogP contribution in [0.15, 0.2) is 284 Å². The van der Waals surface area contributed by atoms with Crippen LogP contribution in [0.2, 0.25) is 0 Å². The van der Waals surface area contributed by atoms with Gasteiger partial charge in [-0.1, -0.05) is 39.1 Å². The number of nitrogens with two attached hydrogens (primary N) is 2. The summed E-state index contributed by atoms with van der Waals surface area (Å²) in [7, 11) is 7.09. The molecule has 28 nitrogen and oxygen atoms in total. The third kappa shape index (κ3) is 27.3. The van der Waals surface area contributed by atoms with Gasteiger partial charge in [-0.15, -0.1) is 0 Å². The molecule has 8 N–H and O–H groups in total. The molecule has 0 bridgehead atoms. The standard InChI is InChI=1S/C46H58N10O6.C38H40N10O2.2CH4/c1-51(23-7-27-55-25-5-3-9-43(55)49-47-39-15-19-41(20-16-39)53(29-33-57)30-34-58)45(61)37-11-13-38(14-12-37)46(62)52(2)24-8-28-56-26-6-4-10-44(56)50-48-40-17-21-42(22-18-40)54(31-35-59)32-36-60;1-45(23-7-27-47-25-5-3-9-35(47)43-41-33-19-15-31(39)16-20-33)37(49)29-11-13-30(14-12-29)38(50)46(2)24-8-28-48-26-6-4-10-36(48)44-42-34-21-17-32(40)18-22-34;;/h3-6,9-22,25-26,57-60H,7-8,23-24,27-36H2,1-2H3;3-6,9-22,25-26,39-40H,7-8,23-24,27-28H2,1-2H3;2*1H4/q+2;;;/p+2. The summed E-state index contributed by atoms with van der Waals surface area (Å²) in [5.41, 5.74) is 19.4. The molecular weight excluding hydrogens is 1440 g/mol. The summed E-state index contributed by atoms with van der Waals surface area (Å²) in [6.45, 7) is 6.31. The predicted octanol–water partition coefficient (Wildman–Crippen LogP) is 12.9. The molecule has 114 heavy (non-hydrogen) atoms. The maximum Gasteiger partial charge on any atom is 0.350 e. The van der Waals surface area contributed by atoms with Crippen LogP contribution in [-0.2, 0) is 26.2 Å². The number of azo groups is 4. The zero-order valence-electron chi connectivity index (χ0n) is 63.9. The van der Waals surface area contributed by atoms with E-state index in [9.17, 15) is 39.6 Å². The zero-order chi connectivity index (χ0) is 79.4. The molecule has 4 heterocycles. The predicted molar refractivity (Wildman–Crippen MR) is 443 cm³/mol. The number of aliphatic hydroxyl groups excluding tert-OH is 4. The highest BCUT2D eigenvalue weighted by Gasteiger charge is 2.21. The van der Waals surface area contributed by atoms with E-state index in [-0.39, 0.29) is 64.9 Å². The molecule has 0 saturated carbocycles. The largest absolute Gasteiger partial charge is 0.399 e. The number of hydrogen-bond acceptors (Lipinski definition) is 20. The minimum Gasteiger partial charge on any atom is -0.399 e. The average Bonchev–Trinajstić information content (AvgIpc) is 0.849. The van der Waals surface area contributed by atoms with Gasteiger partial charge in [0.05, 0.1) is 97.9 Å². The van der Waals surface area contributed by atoms with Crippen molar-refractivity contribution in [3.8, 4) is 0 Å². The summed E-state index contributed by atoms with van der Waals surface area (Å²) in [6, 6.07) is 65.8. The van der Waals surface area contributed by atoms with Crippen LogP contribution in [0.4, 0.5) is 68.8 Å². The fraction of sp³-hybridized carbons (Fsp3) is 0.302. The molecule has 4 amide bonds. The number of pyridine rings is 4. The van der Waals surface area contributed by atoms with Crippen LogP contribution in [-0.4, -0.2) is 171 Å². The van der Waals surface area contributed by atoms with Gasteiger partial charge in [-0.05, 0) is 190 Å². The van der Waals surface area contributed by atoms with Crippen LogP contribution in [0.25, 0.3) is 0 Å². The van der Waals surface area contributed by atoms with E-state index in [0.717, 1.165) is 24.2 Å². The Morgan fingerprint density at radius 1 is 0.289 bits per heavy atom. The highest BCUT2D eigenvalue weighted by Crippen LogP contribution is 2.25. The van der Waals surface area contributed by atoms with E-state index in [1.165, 1.54) is 0 Å². The number of aliphatic hydroxyl groups is 4. The van der Waals surface area contributed by atoms with Gasteiger partial charge in [0.25, 0.3) is 23.6 Å². The lowest BCUT2D eigenvalue weighted by Gasteiger charge is -2.22. The number of aryl methyl sites for hydroxylation is 4. The molecule has 0 aliphatic rings. The SMILES string of the molecule is C.C.CN(CCC[n+]1ccccc1N=Nc1ccc(N(CCO)CCO)cc1)C(=O)c1ccc(C(=O)N(C)CCC[n+]2ccccc2N=Nc2ccc(N(CCO)CCO)cc2)cc1.CN(CCC[n+]1ccccc1N=Nc1ccc(N)cc1)C(=O)c1ccc(C(=O)N(C)CCC[n+]2ccccc2N=Nc2ccc(N)cc2)cc1. The van der Waals surface area contributed by atoms with Crippen molar-refractivity contribution in [2.75, 3.05) is 128 Å². The number of rotatable bonds is 38. The molecule has 0 fully saturated rings. The van der Waals surface area contributed by atoms with Crippen molar-refractivity contribution in [2.45, 2.75) is 66.7 Å². The summed E-state index contributed by atoms with van der Waals surface area (Å²) in [6.07, 6.45) is 10.5. The average molecular weight is 1550 g/mol. The van der Waals surface area contributed by atoms with E-state index in [1.807, 2.05) is 198 Å². The molecule has 4 aromatic heterocycles. The van der Waals surface area contributed by atoms with E-state index in [1.54, 1.807) is 121 Å². The fourth-order valence-electron chi connectivity index (χ4n) is 11.9. The van der Waals surface area contributed by atoms with Gasteiger partial charge in [0.1, 0.15) is 22.7 Å². The highest BCUT2D eigenvalue weighted by molar-refractivity contribution is 5.98. The minimum atomic E-state index is -0.136. The number of anilines is 4. The second-order valence-corrected chi connectivity index (χ2v) is 26.4. The smallest absolute Gasteiger partial charge is 0.350 e. The molecule has 6 aromatic carbocycles. The molecule has 0 saturated heterocycles. The van der Waals surface area contributed by atoms with Gasteiger partial charge in [0.15, 0.2) is 0 Å². The molecular formula is C86H108N20O8+4. The summed E-state index contributed by atoms with van der Waals surface area (Å²) in [4.78, 5) is 63.4. The van der Waals surface area contributed by atoms with Crippen molar-refractivity contribution in [3.05, 3.63) is 265 Å². The van der Waals surface area contributed by atoms with E-state index >= 15 is 0 Å². The molecule has 0 spiro atoms. The molecule has 596 valence electrons. The monoisotopic (exact) mass is 1550 g/mol. The summed E-state index contributed by atoms with van der Waals surface area (Å²) >= 11 is 0. The number of amides is 4. The second-order valence-electron chi connectivity index (χ2n) is 26.4. The molecule has 10 aromatic rings. The lowest BCUT2D eigenvalue weighted by molar-refractivity contribution is -0.684. The van der Waals surface area contributed by atoms with Crippen LogP contribution in [0.5, 0.6) is 0 Å². The number of hydrogen-bond donors (Lipinski definition) is 6. The molecule has 0 aliphatic carbocycles. The second kappa shape index (κ2) is 46.8. The lowest BCUT2D eigenvalue weighted by Crippen LogP contribution is -2.36. The molecule has 0 radical (unpaired) electrons. The molecule has 0 unspecified atom stereocenters. The quantitative estimate of drug-likeness (QED) is 0.0119. The third-order valence-electron chi connectivity index (χ3n) is 18.1. The highest BCUT2D eigenvalue weighted by atomic mass is 16.3. The van der Waals surface area contributed by atoms with Gasteiger partial charge >= 0.3 is 23.3 Å². The first-order valence-corrected chi connectivity index (χ1v) is 37.2. The number of carbonyl (C=O) groups is 4. The minimum absolute atomic E-state index is 0. The van der Waals surface area contributed by atoms with Crippen LogP contribution >= 0.6 is 0 Å². The summed E-state index contributed by atoms with van der Waals surface area (Å²) < 4.78 is 7.97. The van der Waals surface area contributed by atoms with Gasteiger partial charge < -0.3 is 61.3 Å². The summed E-state index contributed by atoms with van der Waals surface area (Å²) in [5, 5.41) is 72.5. The van der Waals surface area contributed by atoms with Gasteiger partial charge in [-0.3, -0.25) is 19.2 Å². The summed E-state index contributed by atoms with van der Waals surface area (Å²) in [5.74, 6) is 2.28. The number of nitrogen functional groups attached to an aromatic ring is 2. The zero-order valence-corrected chi connectivity index (χ0v) is 63.9.